The first-order valence-corrected chi connectivity index (χ1v) is 10.9. The van der Waals surface area contributed by atoms with Crippen LogP contribution in [-0.2, 0) is 4.74 Å². The molecule has 0 fully saturated rings. The van der Waals surface area contributed by atoms with Crippen LogP contribution in [0.4, 0.5) is 15.3 Å². The number of carbonyl (C=O) groups is 2. The van der Waals surface area contributed by atoms with Crippen LogP contribution >= 0.6 is 0 Å². The van der Waals surface area contributed by atoms with E-state index in [0.29, 0.717) is 0 Å². The summed E-state index contributed by atoms with van der Waals surface area (Å²) < 4.78 is 5.68. The number of rotatable bonds is 6. The van der Waals surface area contributed by atoms with Crippen molar-refractivity contribution in [2.24, 2.45) is 0 Å². The zero-order valence-electron chi connectivity index (χ0n) is 19.0. The van der Waals surface area contributed by atoms with Gasteiger partial charge < -0.3 is 10.1 Å². The summed E-state index contributed by atoms with van der Waals surface area (Å²) in [5, 5.41) is 5.19. The van der Waals surface area contributed by atoms with Crippen LogP contribution in [0, 0.1) is 0 Å². The molecule has 3 rings (SSSR count). The summed E-state index contributed by atoms with van der Waals surface area (Å²) >= 11 is 0. The van der Waals surface area contributed by atoms with Gasteiger partial charge in [-0.25, -0.2) is 14.9 Å². The van der Waals surface area contributed by atoms with Crippen molar-refractivity contribution >= 4 is 17.8 Å². The van der Waals surface area contributed by atoms with Gasteiger partial charge >= 0.3 is 12.1 Å². The molecule has 0 saturated carbocycles. The van der Waals surface area contributed by atoms with E-state index in [1.165, 1.54) is 0 Å². The van der Waals surface area contributed by atoms with E-state index in [1.807, 2.05) is 78.9 Å². The second-order valence-corrected chi connectivity index (χ2v) is 8.31. The minimum atomic E-state index is -0.812. The van der Waals surface area contributed by atoms with Crippen molar-refractivity contribution in [3.05, 3.63) is 101 Å². The second kappa shape index (κ2) is 10.6. The summed E-state index contributed by atoms with van der Waals surface area (Å²) in [6.07, 6.45) is -1.44. The molecule has 3 aromatic carbocycles. The van der Waals surface area contributed by atoms with Gasteiger partial charge in [-0.1, -0.05) is 107 Å². The Bertz CT molecular complexity index is 981. The third kappa shape index (κ3) is 5.76. The van der Waals surface area contributed by atoms with Gasteiger partial charge in [0.1, 0.15) is 0 Å². The van der Waals surface area contributed by atoms with E-state index in [4.69, 9.17) is 4.74 Å². The highest BCUT2D eigenvalue weighted by Gasteiger charge is 2.21. The van der Waals surface area contributed by atoms with Crippen molar-refractivity contribution in [1.29, 1.82) is 0 Å². The molecule has 0 unspecified atom stereocenters. The highest BCUT2D eigenvalue weighted by molar-refractivity contribution is 6.00. The van der Waals surface area contributed by atoms with Crippen molar-refractivity contribution < 1.29 is 14.3 Å². The molecule has 166 valence electrons. The lowest BCUT2D eigenvalue weighted by atomic mass is 9.93. The Morgan fingerprint density at radius 3 is 1.59 bits per heavy atom. The zero-order valence-corrected chi connectivity index (χ0v) is 19.0. The summed E-state index contributed by atoms with van der Waals surface area (Å²) in [7, 11) is 0. The SMILES string of the molecule is CC(C)c1cccc(C(C)C)c1NC(=O)NC(=O)OC(c1ccccc1)c1ccccc1. The molecule has 5 heteroatoms. The number of imide groups is 1. The van der Waals surface area contributed by atoms with Gasteiger partial charge in [-0.2, -0.15) is 0 Å². The topological polar surface area (TPSA) is 67.4 Å². The number of para-hydroxylation sites is 1. The fourth-order valence-electron chi connectivity index (χ4n) is 3.65. The van der Waals surface area contributed by atoms with E-state index in [1.54, 1.807) is 0 Å². The van der Waals surface area contributed by atoms with Crippen LogP contribution in [0.1, 0.15) is 67.9 Å². The molecular weight excluding hydrogens is 400 g/mol. The first-order chi connectivity index (χ1) is 15.4. The number of amides is 3. The molecule has 0 aliphatic rings. The molecule has 0 radical (unpaired) electrons. The zero-order chi connectivity index (χ0) is 23.1. The summed E-state index contributed by atoms with van der Waals surface area (Å²) in [6, 6.07) is 24.2. The number of hydrogen-bond donors (Lipinski definition) is 2. The molecule has 0 aliphatic carbocycles. The maximum atomic E-state index is 12.7. The monoisotopic (exact) mass is 430 g/mol. The van der Waals surface area contributed by atoms with Gasteiger partial charge in [0.25, 0.3) is 0 Å². The van der Waals surface area contributed by atoms with Crippen LogP contribution < -0.4 is 10.6 Å². The number of benzene rings is 3. The van der Waals surface area contributed by atoms with E-state index < -0.39 is 18.2 Å². The number of ether oxygens (including phenoxy) is 1. The van der Waals surface area contributed by atoms with Crippen molar-refractivity contribution in [3.8, 4) is 0 Å². The molecule has 0 spiro atoms. The molecule has 0 bridgehead atoms. The Kier molecular flexibility index (Phi) is 7.66. The first kappa shape index (κ1) is 23.1. The lowest BCUT2D eigenvalue weighted by molar-refractivity contribution is 0.119. The highest BCUT2D eigenvalue weighted by Crippen LogP contribution is 2.32. The van der Waals surface area contributed by atoms with Crippen molar-refractivity contribution in [2.45, 2.75) is 45.6 Å². The molecule has 5 nitrogen and oxygen atoms in total. The number of alkyl carbamates (subject to hydrolysis) is 1. The van der Waals surface area contributed by atoms with E-state index in [9.17, 15) is 9.59 Å². The van der Waals surface area contributed by atoms with Gasteiger partial charge in [-0.3, -0.25) is 0 Å². The molecule has 32 heavy (non-hydrogen) atoms. The van der Waals surface area contributed by atoms with Gasteiger partial charge in [0.15, 0.2) is 6.10 Å². The normalized spacial score (nSPS) is 11.0. The maximum Gasteiger partial charge on any atom is 0.416 e. The Morgan fingerprint density at radius 2 is 1.16 bits per heavy atom. The molecule has 2 N–H and O–H groups in total. The van der Waals surface area contributed by atoms with Crippen molar-refractivity contribution in [2.75, 3.05) is 5.32 Å². The molecule has 0 saturated heterocycles. The molecule has 0 heterocycles. The van der Waals surface area contributed by atoms with Gasteiger partial charge in [0.2, 0.25) is 0 Å². The van der Waals surface area contributed by atoms with Gasteiger partial charge in [0.05, 0.1) is 0 Å². The Balaban J connectivity index is 1.76. The van der Waals surface area contributed by atoms with E-state index in [2.05, 4.69) is 38.3 Å². The van der Waals surface area contributed by atoms with E-state index in [0.717, 1.165) is 27.9 Å². The fourth-order valence-corrected chi connectivity index (χ4v) is 3.65. The number of urea groups is 1. The van der Waals surface area contributed by atoms with Crippen LogP contribution in [-0.4, -0.2) is 12.1 Å². The minimum Gasteiger partial charge on any atom is -0.436 e. The van der Waals surface area contributed by atoms with Gasteiger partial charge in [-0.05, 0) is 34.1 Å². The lowest BCUT2D eigenvalue weighted by Gasteiger charge is -2.21. The summed E-state index contributed by atoms with van der Waals surface area (Å²) in [5.41, 5.74) is 4.42. The fraction of sp³-hybridized carbons (Fsp3) is 0.259. The predicted molar refractivity (Wildman–Crippen MR) is 128 cm³/mol. The average molecular weight is 431 g/mol. The van der Waals surface area contributed by atoms with E-state index in [-0.39, 0.29) is 11.8 Å². The Morgan fingerprint density at radius 1 is 0.688 bits per heavy atom. The van der Waals surface area contributed by atoms with Crippen LogP contribution in [0.15, 0.2) is 78.9 Å². The first-order valence-electron chi connectivity index (χ1n) is 10.9. The number of hydrogen-bond acceptors (Lipinski definition) is 3. The minimum absolute atomic E-state index is 0.219. The van der Waals surface area contributed by atoms with Gasteiger partial charge in [0, 0.05) is 5.69 Å². The van der Waals surface area contributed by atoms with Crippen molar-refractivity contribution in [1.82, 2.24) is 5.32 Å². The van der Waals surface area contributed by atoms with Crippen LogP contribution in [0.5, 0.6) is 0 Å². The largest absolute Gasteiger partial charge is 0.436 e. The molecule has 3 amide bonds. The van der Waals surface area contributed by atoms with Gasteiger partial charge in [-0.15, -0.1) is 0 Å². The van der Waals surface area contributed by atoms with Crippen LogP contribution in [0.2, 0.25) is 0 Å². The Hall–Kier alpha value is -3.60. The molecule has 0 aliphatic heterocycles. The van der Waals surface area contributed by atoms with Crippen LogP contribution in [0.3, 0.4) is 0 Å². The molecule has 0 aromatic heterocycles. The summed E-state index contributed by atoms with van der Waals surface area (Å²) in [6.45, 7) is 8.28. The number of anilines is 1. The molecular formula is C27H30N2O3. The highest BCUT2D eigenvalue weighted by atomic mass is 16.6. The second-order valence-electron chi connectivity index (χ2n) is 8.31. The Labute approximate surface area is 189 Å². The molecule has 3 aromatic rings. The number of carbonyl (C=O) groups excluding carboxylic acids is 2. The quantitative estimate of drug-likeness (QED) is 0.443. The predicted octanol–water partition coefficient (Wildman–Crippen LogP) is 6.98. The third-order valence-corrected chi connectivity index (χ3v) is 5.26. The standard InChI is InChI=1S/C27H30N2O3/c1-18(2)22-16-11-17-23(19(3)4)24(22)28-26(30)29-27(31)32-25(20-12-7-5-8-13-20)21-14-9-6-10-15-21/h5-19,25H,1-4H3,(H2,28,29,30,31). The number of nitrogens with one attached hydrogen (secondary N) is 2. The average Bonchev–Trinajstić information content (AvgIpc) is 2.78. The maximum absolute atomic E-state index is 12.7. The summed E-state index contributed by atoms with van der Waals surface area (Å²) in [5.74, 6) is 0.438. The van der Waals surface area contributed by atoms with Crippen molar-refractivity contribution in [3.63, 3.8) is 0 Å². The molecule has 0 atom stereocenters. The summed E-state index contributed by atoms with van der Waals surface area (Å²) in [4.78, 5) is 25.3. The third-order valence-electron chi connectivity index (χ3n) is 5.26. The van der Waals surface area contributed by atoms with Crippen LogP contribution in [0.25, 0.3) is 0 Å². The smallest absolute Gasteiger partial charge is 0.416 e. The van der Waals surface area contributed by atoms with E-state index >= 15 is 0 Å². The lowest BCUT2D eigenvalue weighted by Crippen LogP contribution is -2.36.